The maximum Gasteiger partial charge on any atom is 0.0622 e. The van der Waals surface area contributed by atoms with E-state index in [9.17, 15) is 0 Å². The van der Waals surface area contributed by atoms with Crippen molar-refractivity contribution in [2.45, 2.75) is 57.7 Å². The first-order valence-corrected chi connectivity index (χ1v) is 7.69. The van der Waals surface area contributed by atoms with Crippen molar-refractivity contribution in [2.24, 2.45) is 11.8 Å². The lowest BCUT2D eigenvalue weighted by atomic mass is 9.87. The van der Waals surface area contributed by atoms with Gasteiger partial charge >= 0.3 is 0 Å². The summed E-state index contributed by atoms with van der Waals surface area (Å²) in [5.41, 5.74) is 0.355. The molecule has 3 heteroatoms. The summed E-state index contributed by atoms with van der Waals surface area (Å²) < 4.78 is 5.62. The molecule has 3 aliphatic rings. The lowest BCUT2D eigenvalue weighted by molar-refractivity contribution is 0.0144. The molecule has 0 aromatic heterocycles. The molecule has 104 valence electrons. The number of hydrogen-bond donors (Lipinski definition) is 1. The summed E-state index contributed by atoms with van der Waals surface area (Å²) in [5.74, 6) is 1.64. The standard InChI is InChI=1S/C15H28N2O/c1-11(2)14-8-16-15(3,12-4-5-12)10-17(14)13-6-7-18-9-13/h11-14,16H,4-10H2,1-3H3. The number of hydrogen-bond acceptors (Lipinski definition) is 3. The van der Waals surface area contributed by atoms with Gasteiger partial charge in [0.15, 0.2) is 0 Å². The normalized spacial score (nSPS) is 42.7. The largest absolute Gasteiger partial charge is 0.380 e. The molecule has 3 atom stereocenters. The summed E-state index contributed by atoms with van der Waals surface area (Å²) >= 11 is 0. The Balaban J connectivity index is 1.74. The van der Waals surface area contributed by atoms with Gasteiger partial charge in [0, 0.05) is 37.3 Å². The fourth-order valence-electron chi connectivity index (χ4n) is 3.80. The van der Waals surface area contributed by atoms with Crippen molar-refractivity contribution in [2.75, 3.05) is 26.3 Å². The fraction of sp³-hybridized carbons (Fsp3) is 1.00. The molecular formula is C15H28N2O. The van der Waals surface area contributed by atoms with Crippen LogP contribution in [0.25, 0.3) is 0 Å². The third-order valence-corrected chi connectivity index (χ3v) is 5.27. The Bertz CT molecular complexity index is 297. The molecule has 2 aliphatic heterocycles. The van der Waals surface area contributed by atoms with Crippen molar-refractivity contribution in [1.82, 2.24) is 10.2 Å². The van der Waals surface area contributed by atoms with Gasteiger partial charge in [0.05, 0.1) is 6.61 Å². The SMILES string of the molecule is CC(C)C1CNC(C)(C2CC2)CN1C1CCOC1. The van der Waals surface area contributed by atoms with Crippen molar-refractivity contribution in [3.63, 3.8) is 0 Å². The third-order valence-electron chi connectivity index (χ3n) is 5.27. The van der Waals surface area contributed by atoms with Gasteiger partial charge in [-0.05, 0) is 38.0 Å². The summed E-state index contributed by atoms with van der Waals surface area (Å²) in [6, 6.07) is 1.35. The zero-order valence-corrected chi connectivity index (χ0v) is 12.1. The molecule has 3 fully saturated rings. The van der Waals surface area contributed by atoms with E-state index >= 15 is 0 Å². The van der Waals surface area contributed by atoms with Crippen LogP contribution >= 0.6 is 0 Å². The van der Waals surface area contributed by atoms with Gasteiger partial charge < -0.3 is 10.1 Å². The van der Waals surface area contributed by atoms with Gasteiger partial charge in [-0.3, -0.25) is 4.90 Å². The number of nitrogens with one attached hydrogen (secondary N) is 1. The zero-order valence-electron chi connectivity index (χ0n) is 12.1. The maximum absolute atomic E-state index is 5.62. The second-order valence-electron chi connectivity index (χ2n) is 7.07. The lowest BCUT2D eigenvalue weighted by Gasteiger charge is -2.50. The minimum Gasteiger partial charge on any atom is -0.380 e. The minimum absolute atomic E-state index is 0.355. The minimum atomic E-state index is 0.355. The number of nitrogens with zero attached hydrogens (tertiary/aromatic N) is 1. The molecule has 1 N–H and O–H groups in total. The lowest BCUT2D eigenvalue weighted by Crippen LogP contribution is -2.67. The van der Waals surface area contributed by atoms with Crippen molar-refractivity contribution in [3.8, 4) is 0 Å². The van der Waals surface area contributed by atoms with Crippen LogP contribution in [0.15, 0.2) is 0 Å². The number of rotatable bonds is 3. The predicted molar refractivity (Wildman–Crippen MR) is 73.7 cm³/mol. The first kappa shape index (κ1) is 12.9. The van der Waals surface area contributed by atoms with E-state index in [2.05, 4.69) is 31.0 Å². The Hall–Kier alpha value is -0.120. The van der Waals surface area contributed by atoms with Crippen LogP contribution in [0.4, 0.5) is 0 Å². The molecule has 3 rings (SSSR count). The van der Waals surface area contributed by atoms with E-state index in [1.165, 1.54) is 25.8 Å². The van der Waals surface area contributed by atoms with Crippen molar-refractivity contribution in [1.29, 1.82) is 0 Å². The molecule has 3 nitrogen and oxygen atoms in total. The third kappa shape index (κ3) is 2.33. The van der Waals surface area contributed by atoms with Gasteiger partial charge in [-0.25, -0.2) is 0 Å². The topological polar surface area (TPSA) is 24.5 Å². The Morgan fingerprint density at radius 1 is 1.28 bits per heavy atom. The van der Waals surface area contributed by atoms with Gasteiger partial charge in [0.2, 0.25) is 0 Å². The summed E-state index contributed by atoms with van der Waals surface area (Å²) in [4.78, 5) is 2.77. The first-order valence-electron chi connectivity index (χ1n) is 7.69. The van der Waals surface area contributed by atoms with E-state index in [1.807, 2.05) is 0 Å². The van der Waals surface area contributed by atoms with Gasteiger partial charge in [-0.1, -0.05) is 13.8 Å². The molecule has 18 heavy (non-hydrogen) atoms. The van der Waals surface area contributed by atoms with E-state index in [-0.39, 0.29) is 0 Å². The Kier molecular flexibility index (Phi) is 3.41. The van der Waals surface area contributed by atoms with E-state index in [0.29, 0.717) is 17.6 Å². The second-order valence-corrected chi connectivity index (χ2v) is 7.07. The summed E-state index contributed by atoms with van der Waals surface area (Å²) in [5, 5.41) is 3.86. The highest BCUT2D eigenvalue weighted by Gasteiger charge is 2.48. The second kappa shape index (κ2) is 4.77. The van der Waals surface area contributed by atoms with Crippen molar-refractivity contribution >= 4 is 0 Å². The molecule has 3 unspecified atom stereocenters. The van der Waals surface area contributed by atoms with Crippen LogP contribution in [0, 0.1) is 11.8 Å². The average Bonchev–Trinajstić information content (AvgIpc) is 3.06. The smallest absolute Gasteiger partial charge is 0.0622 e. The molecule has 2 heterocycles. The zero-order chi connectivity index (χ0) is 12.8. The van der Waals surface area contributed by atoms with Crippen molar-refractivity contribution in [3.05, 3.63) is 0 Å². The highest BCUT2D eigenvalue weighted by molar-refractivity contribution is 5.05. The van der Waals surface area contributed by atoms with Gasteiger partial charge in [0.25, 0.3) is 0 Å². The molecular weight excluding hydrogens is 224 g/mol. The van der Waals surface area contributed by atoms with E-state index < -0.39 is 0 Å². The van der Waals surface area contributed by atoms with Crippen LogP contribution in [0.5, 0.6) is 0 Å². The predicted octanol–water partition coefficient (Wildman–Crippen LogP) is 1.87. The van der Waals surface area contributed by atoms with Crippen LogP contribution in [-0.4, -0.2) is 48.8 Å². The van der Waals surface area contributed by atoms with E-state index in [0.717, 1.165) is 31.6 Å². The van der Waals surface area contributed by atoms with E-state index in [4.69, 9.17) is 4.74 Å². The molecule has 0 bridgehead atoms. The molecule has 1 aliphatic carbocycles. The Labute approximate surface area is 111 Å². The Morgan fingerprint density at radius 2 is 2.06 bits per heavy atom. The molecule has 0 spiro atoms. The summed E-state index contributed by atoms with van der Waals surface area (Å²) in [7, 11) is 0. The van der Waals surface area contributed by atoms with Crippen molar-refractivity contribution < 1.29 is 4.74 Å². The van der Waals surface area contributed by atoms with Crippen LogP contribution in [-0.2, 0) is 4.74 Å². The quantitative estimate of drug-likeness (QED) is 0.830. The summed E-state index contributed by atoms with van der Waals surface area (Å²) in [6.45, 7) is 11.4. The van der Waals surface area contributed by atoms with Gasteiger partial charge in [-0.15, -0.1) is 0 Å². The molecule has 1 saturated carbocycles. The monoisotopic (exact) mass is 252 g/mol. The summed E-state index contributed by atoms with van der Waals surface area (Å²) in [6.07, 6.45) is 4.07. The first-order chi connectivity index (χ1) is 8.60. The van der Waals surface area contributed by atoms with Crippen LogP contribution in [0.3, 0.4) is 0 Å². The molecule has 0 radical (unpaired) electrons. The maximum atomic E-state index is 5.62. The van der Waals surface area contributed by atoms with E-state index in [1.54, 1.807) is 0 Å². The van der Waals surface area contributed by atoms with Crippen LogP contribution < -0.4 is 5.32 Å². The average molecular weight is 252 g/mol. The fourth-order valence-corrected chi connectivity index (χ4v) is 3.80. The van der Waals surface area contributed by atoms with Crippen LogP contribution in [0.1, 0.15) is 40.0 Å². The molecule has 0 amide bonds. The number of ether oxygens (including phenoxy) is 1. The van der Waals surface area contributed by atoms with Gasteiger partial charge in [0.1, 0.15) is 0 Å². The van der Waals surface area contributed by atoms with Crippen LogP contribution in [0.2, 0.25) is 0 Å². The Morgan fingerprint density at radius 3 is 2.61 bits per heavy atom. The highest BCUT2D eigenvalue weighted by Crippen LogP contribution is 2.42. The number of piperazine rings is 1. The molecule has 0 aromatic carbocycles. The molecule has 2 saturated heterocycles. The molecule has 0 aromatic rings. The van der Waals surface area contributed by atoms with Gasteiger partial charge in [-0.2, -0.15) is 0 Å². The highest BCUT2D eigenvalue weighted by atomic mass is 16.5.